The highest BCUT2D eigenvalue weighted by Crippen LogP contribution is 1.81. The van der Waals surface area contributed by atoms with Crippen molar-refractivity contribution in [1.29, 1.82) is 0 Å². The van der Waals surface area contributed by atoms with Crippen LogP contribution < -0.4 is 5.32 Å². The molecule has 0 saturated carbocycles. The molecule has 0 aromatic carbocycles. The maximum Gasteiger partial charge on any atom is 0.407 e. The topological polar surface area (TPSA) is 95.9 Å². The van der Waals surface area contributed by atoms with Crippen molar-refractivity contribution in [3.05, 3.63) is 0 Å². The Morgan fingerprint density at radius 1 is 1.58 bits per heavy atom. The first-order valence-electron chi connectivity index (χ1n) is 3.39. The Balaban J connectivity index is 3.54. The van der Waals surface area contributed by atoms with Crippen LogP contribution >= 0.6 is 0 Å². The summed E-state index contributed by atoms with van der Waals surface area (Å²) in [4.78, 5) is 20.6. The Labute approximate surface area is 69.1 Å². The molecule has 0 aliphatic carbocycles. The van der Waals surface area contributed by atoms with Gasteiger partial charge in [-0.25, -0.2) is 9.59 Å². The van der Waals surface area contributed by atoms with E-state index >= 15 is 0 Å². The molecule has 0 saturated heterocycles. The van der Waals surface area contributed by atoms with Crippen molar-refractivity contribution in [2.24, 2.45) is 0 Å². The number of rotatable bonds is 4. The molecular formula is C6H11NO5. The molecule has 0 unspecified atom stereocenters. The van der Waals surface area contributed by atoms with Crippen LogP contribution in [0.25, 0.3) is 0 Å². The van der Waals surface area contributed by atoms with Crippen LogP contribution in [0.3, 0.4) is 0 Å². The summed E-state index contributed by atoms with van der Waals surface area (Å²) < 4.78 is 4.42. The standard InChI is InChI=1S/C6H11NO5/c1-2-12-6(11)7-3-4(8)5(9)10/h4,8H,2-3H2,1H3,(H,7,11)(H,9,10)/t4-/m0/s1. The van der Waals surface area contributed by atoms with Crippen molar-refractivity contribution in [3.8, 4) is 0 Å². The fourth-order valence-corrected chi connectivity index (χ4v) is 0.449. The summed E-state index contributed by atoms with van der Waals surface area (Å²) in [5, 5.41) is 18.9. The van der Waals surface area contributed by atoms with Crippen LogP contribution in [0.5, 0.6) is 0 Å². The maximum atomic E-state index is 10.5. The van der Waals surface area contributed by atoms with Gasteiger partial charge in [0.05, 0.1) is 13.2 Å². The second-order valence-corrected chi connectivity index (χ2v) is 1.96. The molecule has 70 valence electrons. The van der Waals surface area contributed by atoms with E-state index in [2.05, 4.69) is 10.1 Å². The van der Waals surface area contributed by atoms with E-state index in [9.17, 15) is 9.59 Å². The molecule has 0 radical (unpaired) electrons. The second-order valence-electron chi connectivity index (χ2n) is 1.96. The first kappa shape index (κ1) is 10.7. The quantitative estimate of drug-likeness (QED) is 0.521. The van der Waals surface area contributed by atoms with Crippen molar-refractivity contribution in [1.82, 2.24) is 5.32 Å². The summed E-state index contributed by atoms with van der Waals surface area (Å²) in [6.07, 6.45) is -2.33. The van der Waals surface area contributed by atoms with Crippen molar-refractivity contribution >= 4 is 12.1 Å². The van der Waals surface area contributed by atoms with E-state index in [1.807, 2.05) is 0 Å². The fraction of sp³-hybridized carbons (Fsp3) is 0.667. The molecule has 0 aromatic rings. The van der Waals surface area contributed by atoms with E-state index in [-0.39, 0.29) is 13.2 Å². The van der Waals surface area contributed by atoms with Gasteiger partial charge in [-0.15, -0.1) is 0 Å². The van der Waals surface area contributed by atoms with Gasteiger partial charge in [0.25, 0.3) is 0 Å². The molecule has 0 fully saturated rings. The van der Waals surface area contributed by atoms with E-state index in [0.29, 0.717) is 0 Å². The molecule has 0 bridgehead atoms. The summed E-state index contributed by atoms with van der Waals surface area (Å²) in [7, 11) is 0. The predicted molar refractivity (Wildman–Crippen MR) is 38.7 cm³/mol. The Hall–Kier alpha value is -1.30. The van der Waals surface area contributed by atoms with Gasteiger partial charge in [0.15, 0.2) is 6.10 Å². The molecule has 6 heteroatoms. The smallest absolute Gasteiger partial charge is 0.407 e. The lowest BCUT2D eigenvalue weighted by molar-refractivity contribution is -0.146. The number of hydrogen-bond donors (Lipinski definition) is 3. The van der Waals surface area contributed by atoms with Crippen molar-refractivity contribution in [2.45, 2.75) is 13.0 Å². The molecule has 1 amide bonds. The highest BCUT2D eigenvalue weighted by Gasteiger charge is 2.13. The van der Waals surface area contributed by atoms with Gasteiger partial charge < -0.3 is 20.3 Å². The average molecular weight is 177 g/mol. The molecule has 0 rings (SSSR count). The Bertz CT molecular complexity index is 169. The Morgan fingerprint density at radius 2 is 2.17 bits per heavy atom. The number of carbonyl (C=O) groups is 2. The number of carboxylic acid groups (broad SMARTS) is 1. The third kappa shape index (κ3) is 4.51. The number of aliphatic hydroxyl groups excluding tert-OH is 1. The van der Waals surface area contributed by atoms with Gasteiger partial charge in [-0.2, -0.15) is 0 Å². The van der Waals surface area contributed by atoms with Gasteiger partial charge in [-0.1, -0.05) is 0 Å². The molecule has 0 heterocycles. The minimum Gasteiger partial charge on any atom is -0.479 e. The number of alkyl carbamates (subject to hydrolysis) is 1. The number of carboxylic acids is 1. The van der Waals surface area contributed by atoms with E-state index in [4.69, 9.17) is 10.2 Å². The van der Waals surface area contributed by atoms with Crippen LogP contribution in [-0.4, -0.2) is 41.5 Å². The largest absolute Gasteiger partial charge is 0.479 e. The number of hydrogen-bond acceptors (Lipinski definition) is 4. The third-order valence-electron chi connectivity index (χ3n) is 1.00. The van der Waals surface area contributed by atoms with Gasteiger partial charge in [0, 0.05) is 0 Å². The SMILES string of the molecule is CCOC(=O)NC[C@H](O)C(=O)O. The van der Waals surface area contributed by atoms with Crippen molar-refractivity contribution in [2.75, 3.05) is 13.2 Å². The predicted octanol–water partition coefficient (Wildman–Crippen LogP) is -0.822. The molecule has 1 atom stereocenters. The van der Waals surface area contributed by atoms with Crippen LogP contribution in [0.2, 0.25) is 0 Å². The highest BCUT2D eigenvalue weighted by atomic mass is 16.5. The molecule has 0 aliphatic rings. The third-order valence-corrected chi connectivity index (χ3v) is 1.00. The second kappa shape index (κ2) is 5.36. The normalized spacial score (nSPS) is 11.8. The monoisotopic (exact) mass is 177 g/mol. The summed E-state index contributed by atoms with van der Waals surface area (Å²) in [6.45, 7) is 1.47. The van der Waals surface area contributed by atoms with Crippen LogP contribution in [-0.2, 0) is 9.53 Å². The zero-order valence-corrected chi connectivity index (χ0v) is 6.61. The fourth-order valence-electron chi connectivity index (χ4n) is 0.449. The molecule has 6 nitrogen and oxygen atoms in total. The maximum absolute atomic E-state index is 10.5. The summed E-state index contributed by atoms with van der Waals surface area (Å²) in [5.74, 6) is -1.38. The Morgan fingerprint density at radius 3 is 2.58 bits per heavy atom. The minimum absolute atomic E-state index is 0.203. The lowest BCUT2D eigenvalue weighted by Crippen LogP contribution is -2.36. The van der Waals surface area contributed by atoms with Crippen LogP contribution in [0.1, 0.15) is 6.92 Å². The van der Waals surface area contributed by atoms with E-state index in [0.717, 1.165) is 0 Å². The average Bonchev–Trinajstić information content (AvgIpc) is 2.00. The molecular weight excluding hydrogens is 166 g/mol. The lowest BCUT2D eigenvalue weighted by Gasteiger charge is -2.06. The number of carbonyl (C=O) groups excluding carboxylic acids is 1. The molecule has 3 N–H and O–H groups in total. The van der Waals surface area contributed by atoms with E-state index in [1.165, 1.54) is 0 Å². The van der Waals surface area contributed by atoms with E-state index < -0.39 is 18.2 Å². The van der Waals surface area contributed by atoms with Crippen molar-refractivity contribution < 1.29 is 24.5 Å². The molecule has 0 spiro atoms. The number of aliphatic carboxylic acids is 1. The first-order valence-corrected chi connectivity index (χ1v) is 3.39. The summed E-state index contributed by atoms with van der Waals surface area (Å²) in [6, 6.07) is 0. The summed E-state index contributed by atoms with van der Waals surface area (Å²) in [5.41, 5.74) is 0. The zero-order valence-electron chi connectivity index (χ0n) is 6.61. The van der Waals surface area contributed by atoms with Gasteiger partial charge in [-0.3, -0.25) is 0 Å². The van der Waals surface area contributed by atoms with Crippen LogP contribution in [0.15, 0.2) is 0 Å². The first-order chi connectivity index (χ1) is 5.57. The van der Waals surface area contributed by atoms with E-state index in [1.54, 1.807) is 6.92 Å². The number of amides is 1. The highest BCUT2D eigenvalue weighted by molar-refractivity contribution is 5.74. The molecule has 12 heavy (non-hydrogen) atoms. The van der Waals surface area contributed by atoms with Gasteiger partial charge >= 0.3 is 12.1 Å². The van der Waals surface area contributed by atoms with Crippen LogP contribution in [0.4, 0.5) is 4.79 Å². The van der Waals surface area contributed by atoms with Gasteiger partial charge in [-0.05, 0) is 6.92 Å². The van der Waals surface area contributed by atoms with Gasteiger partial charge in [0.2, 0.25) is 0 Å². The number of aliphatic hydroxyl groups is 1. The lowest BCUT2D eigenvalue weighted by atomic mass is 10.4. The molecule has 0 aromatic heterocycles. The minimum atomic E-state index is -1.59. The summed E-state index contributed by atoms with van der Waals surface area (Å²) >= 11 is 0. The van der Waals surface area contributed by atoms with Crippen LogP contribution in [0, 0.1) is 0 Å². The zero-order chi connectivity index (χ0) is 9.56. The van der Waals surface area contributed by atoms with Crippen molar-refractivity contribution in [3.63, 3.8) is 0 Å². The number of ether oxygens (including phenoxy) is 1. The van der Waals surface area contributed by atoms with Gasteiger partial charge in [0.1, 0.15) is 0 Å². The molecule has 0 aliphatic heterocycles. The Kier molecular flexibility index (Phi) is 4.78. The number of nitrogens with one attached hydrogen (secondary N) is 1.